The summed E-state index contributed by atoms with van der Waals surface area (Å²) in [6, 6.07) is 0. The first-order valence-electron chi connectivity index (χ1n) is 11.6. The van der Waals surface area contributed by atoms with E-state index in [1.165, 1.54) is 36.2 Å². The van der Waals surface area contributed by atoms with Gasteiger partial charge >= 0.3 is 6.09 Å². The number of rotatable bonds is 7. The van der Waals surface area contributed by atoms with E-state index in [2.05, 4.69) is 31.8 Å². The van der Waals surface area contributed by atoms with Gasteiger partial charge in [0, 0.05) is 45.1 Å². The number of imidazole rings is 1. The van der Waals surface area contributed by atoms with E-state index in [9.17, 15) is 4.79 Å². The number of aryl methyl sites for hydroxylation is 1. The zero-order valence-corrected chi connectivity index (χ0v) is 19.5. The molecule has 31 heavy (non-hydrogen) atoms. The predicted molar refractivity (Wildman–Crippen MR) is 120 cm³/mol. The van der Waals surface area contributed by atoms with Crippen LogP contribution in [0.15, 0.2) is 30.4 Å². The molecular formula is C24H39N3O4. The van der Waals surface area contributed by atoms with Crippen molar-refractivity contribution >= 4 is 6.09 Å². The average Bonchev–Trinajstić information content (AvgIpc) is 3.10. The molecule has 1 aliphatic carbocycles. The van der Waals surface area contributed by atoms with Crippen molar-refractivity contribution in [3.05, 3.63) is 30.4 Å². The number of epoxide rings is 1. The number of carbonyl (C=O) groups is 1. The van der Waals surface area contributed by atoms with E-state index in [-0.39, 0.29) is 5.60 Å². The van der Waals surface area contributed by atoms with Gasteiger partial charge < -0.3 is 24.0 Å². The second kappa shape index (κ2) is 10.6. The summed E-state index contributed by atoms with van der Waals surface area (Å²) in [4.78, 5) is 15.9. The molecule has 1 N–H and O–H groups in total. The average molecular weight is 434 g/mol. The van der Waals surface area contributed by atoms with Crippen molar-refractivity contribution in [2.45, 2.75) is 83.6 Å². The molecule has 174 valence electrons. The third kappa shape index (κ3) is 6.32. The Morgan fingerprint density at radius 2 is 2.06 bits per heavy atom. The van der Waals surface area contributed by atoms with E-state index in [0.717, 1.165) is 19.4 Å². The van der Waals surface area contributed by atoms with Gasteiger partial charge in [0.1, 0.15) is 0 Å². The van der Waals surface area contributed by atoms with Crippen LogP contribution in [0.25, 0.3) is 0 Å². The summed E-state index contributed by atoms with van der Waals surface area (Å²) in [6.45, 7) is 8.88. The summed E-state index contributed by atoms with van der Waals surface area (Å²) in [5, 5.41) is 8.61. The maximum Gasteiger partial charge on any atom is 0.407 e. The van der Waals surface area contributed by atoms with Gasteiger partial charge in [-0.2, -0.15) is 0 Å². The van der Waals surface area contributed by atoms with E-state index < -0.39 is 6.09 Å². The highest BCUT2D eigenvalue weighted by Crippen LogP contribution is 2.50. The molecule has 4 atom stereocenters. The molecule has 1 aromatic heterocycles. The Balaban J connectivity index is 0.000000179. The second-order valence-corrected chi connectivity index (χ2v) is 9.62. The van der Waals surface area contributed by atoms with Gasteiger partial charge in [-0.15, -0.1) is 0 Å². The Morgan fingerprint density at radius 3 is 2.68 bits per heavy atom. The predicted octanol–water partition coefficient (Wildman–Crippen LogP) is 4.59. The molecule has 1 saturated carbocycles. The smallest absolute Gasteiger partial charge is 0.407 e. The molecule has 0 radical (unpaired) electrons. The summed E-state index contributed by atoms with van der Waals surface area (Å²) in [5.41, 5.74) is 1.46. The molecule has 4 unspecified atom stereocenters. The molecule has 4 rings (SSSR count). The molecule has 0 bridgehead atoms. The van der Waals surface area contributed by atoms with Crippen LogP contribution in [0.1, 0.15) is 59.3 Å². The van der Waals surface area contributed by atoms with E-state index in [4.69, 9.17) is 14.6 Å². The van der Waals surface area contributed by atoms with E-state index >= 15 is 0 Å². The molecule has 3 heterocycles. The Labute approximate surface area is 186 Å². The van der Waals surface area contributed by atoms with Gasteiger partial charge in [-0.3, -0.25) is 0 Å². The van der Waals surface area contributed by atoms with Gasteiger partial charge in [-0.05, 0) is 52.4 Å². The largest absolute Gasteiger partial charge is 0.465 e. The van der Waals surface area contributed by atoms with Crippen LogP contribution in [0.3, 0.4) is 0 Å². The number of ether oxygens (including phenoxy) is 2. The maximum absolute atomic E-state index is 10.5. The number of hydrogen-bond acceptors (Lipinski definition) is 4. The maximum atomic E-state index is 10.5. The lowest BCUT2D eigenvalue weighted by Crippen LogP contribution is -2.49. The van der Waals surface area contributed by atoms with Gasteiger partial charge in [0.25, 0.3) is 0 Å². The molecule has 1 aromatic rings. The number of likely N-dealkylation sites (tertiary alicyclic amines) is 1. The zero-order valence-electron chi connectivity index (χ0n) is 19.5. The number of carboxylic acid groups (broad SMARTS) is 1. The van der Waals surface area contributed by atoms with Gasteiger partial charge in [0.15, 0.2) is 0 Å². The minimum atomic E-state index is -0.802. The van der Waals surface area contributed by atoms with E-state index in [1.807, 2.05) is 17.9 Å². The van der Waals surface area contributed by atoms with Crippen LogP contribution in [0.4, 0.5) is 4.79 Å². The lowest BCUT2D eigenvalue weighted by molar-refractivity contribution is -0.00777. The summed E-state index contributed by atoms with van der Waals surface area (Å²) >= 11 is 0. The third-order valence-electron chi connectivity index (χ3n) is 7.04. The van der Waals surface area contributed by atoms with E-state index in [1.54, 1.807) is 12.5 Å². The van der Waals surface area contributed by atoms with Crippen molar-refractivity contribution in [1.82, 2.24) is 14.5 Å². The van der Waals surface area contributed by atoms with Gasteiger partial charge in [-0.25, -0.2) is 9.78 Å². The molecule has 2 saturated heterocycles. The van der Waals surface area contributed by atoms with Crippen LogP contribution in [-0.4, -0.2) is 63.7 Å². The number of aromatic nitrogens is 2. The minimum Gasteiger partial charge on any atom is -0.465 e. The SMILES string of the molecule is COC1CCCCC1C1(C)OC1CC=C(C)C.O=C(O)N1CC(CCn2ccnc2)C1. The van der Waals surface area contributed by atoms with Crippen LogP contribution < -0.4 is 0 Å². The number of amides is 1. The van der Waals surface area contributed by atoms with E-state index in [0.29, 0.717) is 37.1 Å². The minimum absolute atomic E-state index is 0.0764. The molecular weight excluding hydrogens is 394 g/mol. The quantitative estimate of drug-likeness (QED) is 0.503. The number of allylic oxidation sites excluding steroid dienone is 1. The third-order valence-corrected chi connectivity index (χ3v) is 7.04. The Kier molecular flexibility index (Phi) is 8.17. The van der Waals surface area contributed by atoms with Crippen LogP contribution >= 0.6 is 0 Å². The zero-order chi connectivity index (χ0) is 22.4. The molecule has 0 aromatic carbocycles. The Bertz CT molecular complexity index is 725. The standard InChI is InChI=1S/C15H26O2.C9H13N3O2/c1-11(2)9-10-14-15(3,17-14)12-7-5-6-8-13(12)16-4;13-9(14)12-5-8(6-12)1-3-11-4-2-10-7-11/h9,12-14H,5-8,10H2,1-4H3;2,4,7-8H,1,3,5-6H2,(H,13,14). The molecule has 2 aliphatic heterocycles. The van der Waals surface area contributed by atoms with Crippen molar-refractivity contribution in [2.24, 2.45) is 11.8 Å². The summed E-state index contributed by atoms with van der Waals surface area (Å²) in [5.74, 6) is 1.12. The molecule has 0 spiro atoms. The first kappa shape index (κ1) is 23.8. The fourth-order valence-electron chi connectivity index (χ4n) is 4.92. The topological polar surface area (TPSA) is 80.1 Å². The molecule has 1 amide bonds. The van der Waals surface area contributed by atoms with Crippen LogP contribution in [0, 0.1) is 11.8 Å². The fourth-order valence-corrected chi connectivity index (χ4v) is 4.92. The summed E-state index contributed by atoms with van der Waals surface area (Å²) in [7, 11) is 1.85. The van der Waals surface area contributed by atoms with Crippen LogP contribution in [0.2, 0.25) is 0 Å². The highest BCUT2D eigenvalue weighted by atomic mass is 16.6. The number of methoxy groups -OCH3 is 1. The molecule has 7 heteroatoms. The molecule has 7 nitrogen and oxygen atoms in total. The van der Waals surface area contributed by atoms with Crippen LogP contribution in [-0.2, 0) is 16.0 Å². The number of hydrogen-bond donors (Lipinski definition) is 1. The lowest BCUT2D eigenvalue weighted by atomic mass is 9.76. The van der Waals surface area contributed by atoms with Crippen molar-refractivity contribution in [1.29, 1.82) is 0 Å². The second-order valence-electron chi connectivity index (χ2n) is 9.62. The van der Waals surface area contributed by atoms with Crippen molar-refractivity contribution in [2.75, 3.05) is 20.2 Å². The number of nitrogens with zero attached hydrogens (tertiary/aromatic N) is 3. The normalized spacial score (nSPS) is 30.1. The first-order chi connectivity index (χ1) is 14.8. The van der Waals surface area contributed by atoms with Crippen molar-refractivity contribution in [3.63, 3.8) is 0 Å². The Hall–Kier alpha value is -1.86. The first-order valence-corrected chi connectivity index (χ1v) is 11.6. The molecule has 3 aliphatic rings. The fraction of sp³-hybridized carbons (Fsp3) is 0.750. The van der Waals surface area contributed by atoms with Gasteiger partial charge in [-0.1, -0.05) is 24.5 Å². The highest BCUT2D eigenvalue weighted by molar-refractivity contribution is 5.65. The van der Waals surface area contributed by atoms with Gasteiger partial charge in [0.2, 0.25) is 0 Å². The van der Waals surface area contributed by atoms with Crippen molar-refractivity contribution in [3.8, 4) is 0 Å². The lowest BCUT2D eigenvalue weighted by Gasteiger charge is -2.37. The molecule has 3 fully saturated rings. The van der Waals surface area contributed by atoms with Crippen molar-refractivity contribution < 1.29 is 19.4 Å². The Morgan fingerprint density at radius 1 is 1.32 bits per heavy atom. The summed E-state index contributed by atoms with van der Waals surface area (Å²) in [6.07, 6.45) is 15.0. The van der Waals surface area contributed by atoms with Gasteiger partial charge in [0.05, 0.1) is 24.1 Å². The van der Waals surface area contributed by atoms with Crippen LogP contribution in [0.5, 0.6) is 0 Å². The summed E-state index contributed by atoms with van der Waals surface area (Å²) < 4.78 is 13.7. The monoisotopic (exact) mass is 433 g/mol. The highest BCUT2D eigenvalue weighted by Gasteiger charge is 2.58.